The van der Waals surface area contributed by atoms with Crippen LogP contribution in [-0.2, 0) is 31.9 Å². The topological polar surface area (TPSA) is 91.3 Å². The lowest BCUT2D eigenvalue weighted by molar-refractivity contribution is -0.140. The van der Waals surface area contributed by atoms with Gasteiger partial charge in [-0.25, -0.2) is 9.59 Å². The molecule has 4 rings (SSSR count). The van der Waals surface area contributed by atoms with Crippen LogP contribution in [0, 0.1) is 5.92 Å². The number of aliphatic hydroxyl groups is 1. The fourth-order valence-electron chi connectivity index (χ4n) is 7.08. The van der Waals surface area contributed by atoms with Crippen molar-refractivity contribution >= 4 is 11.9 Å². The van der Waals surface area contributed by atoms with Crippen LogP contribution in [0.25, 0.3) is 22.3 Å². The summed E-state index contributed by atoms with van der Waals surface area (Å²) < 4.78 is 23.5. The third-order valence-corrected chi connectivity index (χ3v) is 10.1. The van der Waals surface area contributed by atoms with E-state index < -0.39 is 11.9 Å². The van der Waals surface area contributed by atoms with Crippen LogP contribution in [0.3, 0.4) is 0 Å². The van der Waals surface area contributed by atoms with Gasteiger partial charge in [0.05, 0.1) is 0 Å². The van der Waals surface area contributed by atoms with Gasteiger partial charge in [-0.2, -0.15) is 0 Å². The van der Waals surface area contributed by atoms with Gasteiger partial charge >= 0.3 is 11.9 Å². The van der Waals surface area contributed by atoms with Gasteiger partial charge in [0.15, 0.2) is 0 Å². The van der Waals surface area contributed by atoms with Gasteiger partial charge in [0, 0.05) is 28.9 Å². The largest absolute Gasteiger partial charge is 0.489 e. The van der Waals surface area contributed by atoms with Gasteiger partial charge in [0.1, 0.15) is 37.9 Å². The summed E-state index contributed by atoms with van der Waals surface area (Å²) in [5.41, 5.74) is 8.10. The fraction of sp³-hybridized carbons (Fsp3) is 0.478. The molecule has 0 radical (unpaired) electrons. The number of esters is 2. The predicted molar refractivity (Wildman–Crippen MR) is 213 cm³/mol. The summed E-state index contributed by atoms with van der Waals surface area (Å²) in [5.74, 6) is 1.79. The highest BCUT2D eigenvalue weighted by molar-refractivity contribution is 5.87. The maximum atomic E-state index is 12.1. The van der Waals surface area contributed by atoms with Crippen molar-refractivity contribution in [2.24, 2.45) is 5.92 Å². The van der Waals surface area contributed by atoms with Gasteiger partial charge in [-0.1, -0.05) is 95.2 Å². The van der Waals surface area contributed by atoms with E-state index >= 15 is 0 Å². The van der Waals surface area contributed by atoms with Crippen molar-refractivity contribution in [2.45, 2.75) is 104 Å². The number of rotatable bonds is 21. The van der Waals surface area contributed by atoms with Gasteiger partial charge in [-0.05, 0) is 111 Å². The molecule has 3 aromatic carbocycles. The van der Waals surface area contributed by atoms with E-state index in [4.69, 9.17) is 18.9 Å². The SMILES string of the molecule is C=C(C)C(=O)OCCOc1cc(-c2ccc(C3CCC(CCCCC)CC3)cc2CC)c(OCCOC(=O)C(=C)C)cc1-c1ccc(CCCO)cc1. The van der Waals surface area contributed by atoms with Gasteiger partial charge in [0.2, 0.25) is 0 Å². The molecule has 286 valence electrons. The first-order chi connectivity index (χ1) is 25.6. The number of aryl methyl sites for hydroxylation is 2. The minimum Gasteiger partial charge on any atom is -0.489 e. The quantitative estimate of drug-likeness (QED) is 0.0664. The molecule has 1 aliphatic carbocycles. The Labute approximate surface area is 317 Å². The average Bonchev–Trinajstić information content (AvgIpc) is 3.17. The van der Waals surface area contributed by atoms with Gasteiger partial charge in [-0.15, -0.1) is 0 Å². The molecule has 1 saturated carbocycles. The van der Waals surface area contributed by atoms with Crippen molar-refractivity contribution in [2.75, 3.05) is 33.0 Å². The number of aliphatic hydroxyl groups excluding tert-OH is 1. The Morgan fingerprint density at radius 3 is 1.89 bits per heavy atom. The fourth-order valence-corrected chi connectivity index (χ4v) is 7.08. The number of hydrogen-bond acceptors (Lipinski definition) is 7. The second kappa shape index (κ2) is 21.4. The number of carbonyl (C=O) groups excluding carboxylic acids is 2. The molecular weight excluding hydrogens is 664 g/mol. The lowest BCUT2D eigenvalue weighted by atomic mass is 9.76. The zero-order chi connectivity index (χ0) is 38.2. The highest BCUT2D eigenvalue weighted by Crippen LogP contribution is 2.44. The van der Waals surface area contributed by atoms with Crippen molar-refractivity contribution in [3.8, 4) is 33.8 Å². The smallest absolute Gasteiger partial charge is 0.333 e. The Hall–Kier alpha value is -4.36. The first-order valence-corrected chi connectivity index (χ1v) is 19.6. The zero-order valence-electron chi connectivity index (χ0n) is 32.5. The molecular formula is C46H60O7. The lowest BCUT2D eigenvalue weighted by Gasteiger charge is -2.29. The second-order valence-electron chi connectivity index (χ2n) is 14.4. The summed E-state index contributed by atoms with van der Waals surface area (Å²) in [7, 11) is 0. The number of hydrogen-bond donors (Lipinski definition) is 1. The molecule has 0 unspecified atom stereocenters. The third kappa shape index (κ3) is 12.3. The lowest BCUT2D eigenvalue weighted by Crippen LogP contribution is -2.14. The molecule has 0 saturated heterocycles. The van der Waals surface area contributed by atoms with E-state index in [1.165, 1.54) is 62.5 Å². The van der Waals surface area contributed by atoms with Crippen LogP contribution in [0.4, 0.5) is 0 Å². The van der Waals surface area contributed by atoms with Crippen LogP contribution < -0.4 is 9.47 Å². The summed E-state index contributed by atoms with van der Waals surface area (Å²) in [4.78, 5) is 24.2. The van der Waals surface area contributed by atoms with Crippen LogP contribution in [0.5, 0.6) is 11.5 Å². The minimum atomic E-state index is -0.457. The Balaban J connectivity index is 1.70. The predicted octanol–water partition coefficient (Wildman–Crippen LogP) is 10.4. The summed E-state index contributed by atoms with van der Waals surface area (Å²) in [5, 5.41) is 9.32. The van der Waals surface area contributed by atoms with E-state index in [1.807, 2.05) is 24.3 Å². The third-order valence-electron chi connectivity index (χ3n) is 10.1. The number of unbranched alkanes of at least 4 members (excludes halogenated alkanes) is 2. The Kier molecular flexibility index (Phi) is 16.7. The molecule has 1 N–H and O–H groups in total. The van der Waals surface area contributed by atoms with Crippen LogP contribution in [0.15, 0.2) is 78.9 Å². The molecule has 0 spiro atoms. The van der Waals surface area contributed by atoms with Gasteiger partial charge in [-0.3, -0.25) is 0 Å². The van der Waals surface area contributed by atoms with Crippen LogP contribution in [0.2, 0.25) is 0 Å². The molecule has 3 aromatic rings. The molecule has 0 atom stereocenters. The van der Waals surface area contributed by atoms with E-state index in [0.29, 0.717) is 35.0 Å². The Morgan fingerprint density at radius 1 is 0.717 bits per heavy atom. The van der Waals surface area contributed by atoms with Crippen molar-refractivity contribution in [3.05, 3.63) is 95.6 Å². The van der Waals surface area contributed by atoms with Crippen molar-refractivity contribution < 1.29 is 33.6 Å². The maximum Gasteiger partial charge on any atom is 0.333 e. The van der Waals surface area contributed by atoms with E-state index in [9.17, 15) is 14.7 Å². The van der Waals surface area contributed by atoms with Gasteiger partial charge < -0.3 is 24.1 Å². The molecule has 53 heavy (non-hydrogen) atoms. The monoisotopic (exact) mass is 724 g/mol. The molecule has 1 fully saturated rings. The number of ether oxygens (including phenoxy) is 4. The van der Waals surface area contributed by atoms with Crippen LogP contribution >= 0.6 is 0 Å². The number of benzene rings is 3. The molecule has 7 nitrogen and oxygen atoms in total. The van der Waals surface area contributed by atoms with E-state index in [0.717, 1.165) is 46.6 Å². The zero-order valence-corrected chi connectivity index (χ0v) is 32.5. The summed E-state index contributed by atoms with van der Waals surface area (Å²) in [6, 6.07) is 19.1. The normalized spacial score (nSPS) is 15.4. The van der Waals surface area contributed by atoms with Crippen molar-refractivity contribution in [3.63, 3.8) is 0 Å². The summed E-state index contributed by atoms with van der Waals surface area (Å²) in [6.45, 7) is 15.6. The van der Waals surface area contributed by atoms with Crippen LogP contribution in [0.1, 0.15) is 108 Å². The maximum absolute atomic E-state index is 12.1. The van der Waals surface area contributed by atoms with Crippen molar-refractivity contribution in [1.82, 2.24) is 0 Å². The van der Waals surface area contributed by atoms with E-state index in [1.54, 1.807) is 13.8 Å². The summed E-state index contributed by atoms with van der Waals surface area (Å²) >= 11 is 0. The number of carbonyl (C=O) groups is 2. The molecule has 0 bridgehead atoms. The second-order valence-corrected chi connectivity index (χ2v) is 14.4. The first kappa shape index (κ1) is 41.4. The first-order valence-electron chi connectivity index (χ1n) is 19.6. The molecule has 0 aromatic heterocycles. The average molecular weight is 725 g/mol. The standard InChI is InChI=1S/C46H60O7/c1-7-9-10-12-34-14-18-37(19-15-34)39-22-23-40(36(8-2)29-39)42-31-43(50-25-27-52-45(48)32(3)4)41(38-20-16-35(17-21-38)13-11-24-47)30-44(42)51-26-28-53-46(49)33(5)6/h16-17,20-23,29-31,34,37,47H,3,5,7-15,18-19,24-28H2,1-2,4,6H3. The highest BCUT2D eigenvalue weighted by Gasteiger charge is 2.24. The van der Waals surface area contributed by atoms with E-state index in [-0.39, 0.29) is 33.0 Å². The van der Waals surface area contributed by atoms with E-state index in [2.05, 4.69) is 57.3 Å². The molecule has 0 aliphatic heterocycles. The molecule has 1 aliphatic rings. The minimum absolute atomic E-state index is 0.0721. The Bertz CT molecular complexity index is 1660. The summed E-state index contributed by atoms with van der Waals surface area (Å²) in [6.07, 6.45) is 12.7. The molecule has 0 amide bonds. The molecule has 0 heterocycles. The van der Waals surface area contributed by atoms with Gasteiger partial charge in [0.25, 0.3) is 0 Å². The van der Waals surface area contributed by atoms with Crippen LogP contribution in [-0.4, -0.2) is 50.1 Å². The Morgan fingerprint density at radius 2 is 1.32 bits per heavy atom. The van der Waals surface area contributed by atoms with Crippen molar-refractivity contribution in [1.29, 1.82) is 0 Å². The highest BCUT2D eigenvalue weighted by atomic mass is 16.6. The molecule has 7 heteroatoms.